The summed E-state index contributed by atoms with van der Waals surface area (Å²) in [6, 6.07) is 14.5. The monoisotopic (exact) mass is 523 g/mol. The Morgan fingerprint density at radius 3 is 2.24 bits per heavy atom. The molecule has 0 saturated heterocycles. The minimum atomic E-state index is -1.29. The van der Waals surface area contributed by atoms with E-state index in [4.69, 9.17) is 5.11 Å². The zero-order valence-electron chi connectivity index (χ0n) is 20.8. The van der Waals surface area contributed by atoms with Crippen molar-refractivity contribution in [3.05, 3.63) is 54.1 Å². The topological polar surface area (TPSA) is 182 Å². The number of urea groups is 1. The molecule has 0 fully saturated rings. The summed E-state index contributed by atoms with van der Waals surface area (Å²) in [6.45, 7) is 0.604. The van der Waals surface area contributed by atoms with Crippen LogP contribution < -0.4 is 5.32 Å². The minimum Gasteiger partial charge on any atom is -0.480 e. The van der Waals surface area contributed by atoms with Gasteiger partial charge in [-0.25, -0.2) is 4.79 Å². The first kappa shape index (κ1) is 27.8. The van der Waals surface area contributed by atoms with Gasteiger partial charge < -0.3 is 25.3 Å². The van der Waals surface area contributed by atoms with E-state index < -0.39 is 43.5 Å². The molecular weight excluding hydrogens is 494 g/mol. The highest BCUT2D eigenvalue weighted by Crippen LogP contribution is 2.29. The van der Waals surface area contributed by atoms with Crippen LogP contribution in [-0.4, -0.2) is 90.7 Å². The maximum Gasteiger partial charge on any atom is 0.323 e. The molecule has 0 atom stereocenters. The van der Waals surface area contributed by atoms with E-state index in [1.807, 2.05) is 55.5 Å². The number of benzene rings is 2. The zero-order valence-corrected chi connectivity index (χ0v) is 20.8. The smallest absolute Gasteiger partial charge is 0.323 e. The van der Waals surface area contributed by atoms with E-state index in [1.165, 1.54) is 4.90 Å². The Labute approximate surface area is 218 Å². The normalized spacial score (nSPS) is 10.6. The molecule has 3 amide bonds. The third-order valence-corrected chi connectivity index (χ3v) is 5.57. The van der Waals surface area contributed by atoms with Crippen molar-refractivity contribution in [3.63, 3.8) is 0 Å². The SMILES string of the molecule is CCCCN(Cc1ccc(-c2ccccc2-c2nn[nH]n2)cc1)C(=O)N(CC(=O)O)CC(=O)NCC(=O)O. The molecule has 0 unspecified atom stereocenters. The van der Waals surface area contributed by atoms with Crippen LogP contribution >= 0.6 is 0 Å². The third-order valence-electron chi connectivity index (χ3n) is 5.57. The molecule has 13 nitrogen and oxygen atoms in total. The van der Waals surface area contributed by atoms with Crippen LogP contribution in [0.1, 0.15) is 25.3 Å². The summed E-state index contributed by atoms with van der Waals surface area (Å²) in [5.41, 5.74) is 3.42. The number of carboxylic acid groups (broad SMARTS) is 2. The fraction of sp³-hybridized carbons (Fsp3) is 0.320. The molecule has 3 rings (SSSR count). The van der Waals surface area contributed by atoms with E-state index in [-0.39, 0.29) is 6.54 Å². The van der Waals surface area contributed by atoms with Crippen molar-refractivity contribution in [1.29, 1.82) is 0 Å². The largest absolute Gasteiger partial charge is 0.480 e. The average Bonchev–Trinajstić information content (AvgIpc) is 3.44. The van der Waals surface area contributed by atoms with Crippen LogP contribution in [0.4, 0.5) is 4.79 Å². The number of aromatic nitrogens is 4. The summed E-state index contributed by atoms with van der Waals surface area (Å²) < 4.78 is 0. The van der Waals surface area contributed by atoms with Gasteiger partial charge in [0.2, 0.25) is 11.7 Å². The van der Waals surface area contributed by atoms with Gasteiger partial charge in [0.25, 0.3) is 0 Å². The molecular formula is C25H29N7O6. The highest BCUT2D eigenvalue weighted by atomic mass is 16.4. The van der Waals surface area contributed by atoms with Crippen molar-refractivity contribution in [2.75, 3.05) is 26.2 Å². The Morgan fingerprint density at radius 1 is 0.921 bits per heavy atom. The summed E-state index contributed by atoms with van der Waals surface area (Å²) in [5.74, 6) is -2.83. The fourth-order valence-electron chi connectivity index (χ4n) is 3.77. The number of nitrogens with zero attached hydrogens (tertiary/aromatic N) is 5. The summed E-state index contributed by atoms with van der Waals surface area (Å²) >= 11 is 0. The number of hydrogen-bond acceptors (Lipinski definition) is 7. The first-order valence-electron chi connectivity index (χ1n) is 11.9. The average molecular weight is 524 g/mol. The van der Waals surface area contributed by atoms with E-state index in [1.54, 1.807) is 0 Å². The molecule has 200 valence electrons. The Balaban J connectivity index is 1.78. The van der Waals surface area contributed by atoms with E-state index in [2.05, 4.69) is 25.9 Å². The summed E-state index contributed by atoms with van der Waals surface area (Å²) in [5, 5.41) is 34.4. The van der Waals surface area contributed by atoms with Crippen LogP contribution in [0.25, 0.3) is 22.5 Å². The van der Waals surface area contributed by atoms with Crippen molar-refractivity contribution < 1.29 is 29.4 Å². The lowest BCUT2D eigenvalue weighted by atomic mass is 9.98. The number of unbranched alkanes of at least 4 members (excludes halogenated alkanes) is 1. The number of carbonyl (C=O) groups excluding carboxylic acids is 2. The van der Waals surface area contributed by atoms with Gasteiger partial charge in [0.15, 0.2) is 0 Å². The van der Waals surface area contributed by atoms with Crippen molar-refractivity contribution >= 4 is 23.9 Å². The number of rotatable bonds is 13. The molecule has 2 aromatic carbocycles. The Hall–Kier alpha value is -4.81. The number of carboxylic acids is 2. The molecule has 0 saturated carbocycles. The van der Waals surface area contributed by atoms with Crippen LogP contribution in [0.3, 0.4) is 0 Å². The number of aromatic amines is 1. The second kappa shape index (κ2) is 13.5. The molecule has 3 aromatic rings. The van der Waals surface area contributed by atoms with E-state index in [0.29, 0.717) is 18.8 Å². The maximum atomic E-state index is 13.3. The first-order chi connectivity index (χ1) is 18.3. The van der Waals surface area contributed by atoms with Gasteiger partial charge in [-0.1, -0.05) is 61.9 Å². The molecule has 4 N–H and O–H groups in total. The molecule has 0 radical (unpaired) electrons. The Bertz CT molecular complexity index is 1250. The third kappa shape index (κ3) is 7.85. The van der Waals surface area contributed by atoms with Gasteiger partial charge in [-0.05, 0) is 28.3 Å². The number of amides is 3. The molecule has 1 heterocycles. The quantitative estimate of drug-likeness (QED) is 0.260. The molecule has 38 heavy (non-hydrogen) atoms. The van der Waals surface area contributed by atoms with Gasteiger partial charge in [-0.15, -0.1) is 10.2 Å². The summed E-state index contributed by atoms with van der Waals surface area (Å²) in [6.07, 6.45) is 1.47. The van der Waals surface area contributed by atoms with Crippen LogP contribution in [0.2, 0.25) is 0 Å². The van der Waals surface area contributed by atoms with Crippen molar-refractivity contribution in [1.82, 2.24) is 35.7 Å². The molecule has 0 spiro atoms. The molecule has 0 aliphatic carbocycles. The number of H-pyrrole nitrogens is 1. The second-order valence-electron chi connectivity index (χ2n) is 8.46. The lowest BCUT2D eigenvalue weighted by Crippen LogP contribution is -2.49. The standard InChI is InChI=1S/C25H29N7O6/c1-2-3-12-31(25(38)32(16-23(36)37)15-21(33)26-13-22(34)35)14-17-8-10-18(11-9-17)19-6-4-5-7-20(19)24-27-29-30-28-24/h4-11H,2-3,12-16H2,1H3,(H,26,33)(H,34,35)(H,36,37)(H,27,28,29,30). The number of aliphatic carboxylic acids is 2. The van der Waals surface area contributed by atoms with Gasteiger partial charge in [0.05, 0.1) is 0 Å². The molecule has 0 aliphatic rings. The molecule has 0 aliphatic heterocycles. The van der Waals surface area contributed by atoms with Crippen LogP contribution in [-0.2, 0) is 20.9 Å². The van der Waals surface area contributed by atoms with E-state index >= 15 is 0 Å². The van der Waals surface area contributed by atoms with E-state index in [9.17, 15) is 24.3 Å². The first-order valence-corrected chi connectivity index (χ1v) is 11.9. The lowest BCUT2D eigenvalue weighted by Gasteiger charge is -2.29. The molecule has 13 heteroatoms. The van der Waals surface area contributed by atoms with Crippen LogP contribution in [0.5, 0.6) is 0 Å². The van der Waals surface area contributed by atoms with Crippen molar-refractivity contribution in [3.8, 4) is 22.5 Å². The van der Waals surface area contributed by atoms with E-state index in [0.717, 1.165) is 33.6 Å². The van der Waals surface area contributed by atoms with Gasteiger partial charge in [0, 0.05) is 18.7 Å². The van der Waals surface area contributed by atoms with Gasteiger partial charge >= 0.3 is 18.0 Å². The predicted octanol–water partition coefficient (Wildman–Crippen LogP) is 1.84. The summed E-state index contributed by atoms with van der Waals surface area (Å²) in [4.78, 5) is 49.9. The second-order valence-corrected chi connectivity index (χ2v) is 8.46. The van der Waals surface area contributed by atoms with Crippen LogP contribution in [0, 0.1) is 0 Å². The highest BCUT2D eigenvalue weighted by Gasteiger charge is 2.25. The zero-order chi connectivity index (χ0) is 27.5. The minimum absolute atomic E-state index is 0.193. The highest BCUT2D eigenvalue weighted by molar-refractivity contribution is 5.88. The van der Waals surface area contributed by atoms with Gasteiger partial charge in [0.1, 0.15) is 19.6 Å². The fourth-order valence-corrected chi connectivity index (χ4v) is 3.77. The van der Waals surface area contributed by atoms with Crippen molar-refractivity contribution in [2.45, 2.75) is 26.3 Å². The molecule has 1 aromatic heterocycles. The lowest BCUT2D eigenvalue weighted by molar-refractivity contribution is -0.140. The number of tetrazole rings is 1. The van der Waals surface area contributed by atoms with Gasteiger partial charge in [-0.3, -0.25) is 14.4 Å². The molecule has 0 bridgehead atoms. The van der Waals surface area contributed by atoms with Crippen molar-refractivity contribution in [2.24, 2.45) is 0 Å². The number of hydrogen-bond donors (Lipinski definition) is 4. The van der Waals surface area contributed by atoms with Gasteiger partial charge in [-0.2, -0.15) is 5.21 Å². The van der Waals surface area contributed by atoms with Crippen LogP contribution in [0.15, 0.2) is 48.5 Å². The summed E-state index contributed by atoms with van der Waals surface area (Å²) in [7, 11) is 0. The maximum absolute atomic E-state index is 13.3. The predicted molar refractivity (Wildman–Crippen MR) is 136 cm³/mol. The Morgan fingerprint density at radius 2 is 1.63 bits per heavy atom. The number of carbonyl (C=O) groups is 4. The Kier molecular flexibility index (Phi) is 9.86. The number of nitrogens with one attached hydrogen (secondary N) is 2.